The van der Waals surface area contributed by atoms with Crippen LogP contribution in [0, 0.1) is 11.8 Å². The molecule has 2 fully saturated rings. The molecule has 138 valence electrons. The maximum Gasteiger partial charge on any atom is 0.410 e. The van der Waals surface area contributed by atoms with Crippen LogP contribution in [0.4, 0.5) is 4.79 Å². The van der Waals surface area contributed by atoms with E-state index in [2.05, 4.69) is 36.5 Å². The van der Waals surface area contributed by atoms with Gasteiger partial charge in [0.05, 0.1) is 0 Å². The lowest BCUT2D eigenvalue weighted by atomic mass is 9.90. The highest BCUT2D eigenvalue weighted by atomic mass is 16.6. The summed E-state index contributed by atoms with van der Waals surface area (Å²) in [5.41, 5.74) is 0.839. The van der Waals surface area contributed by atoms with Gasteiger partial charge < -0.3 is 15.0 Å². The van der Waals surface area contributed by atoms with Gasteiger partial charge in [0.2, 0.25) is 0 Å². The third-order valence-electron chi connectivity index (χ3n) is 5.85. The molecule has 3 rings (SSSR count). The molecule has 0 aliphatic carbocycles. The molecule has 0 radical (unpaired) electrons. The summed E-state index contributed by atoms with van der Waals surface area (Å²) in [5.74, 6) is 1.42. The summed E-state index contributed by atoms with van der Waals surface area (Å²) < 4.78 is 5.92. The molecule has 0 spiro atoms. The van der Waals surface area contributed by atoms with Gasteiger partial charge in [0.25, 0.3) is 0 Å². The Morgan fingerprint density at radius 3 is 2.72 bits per heavy atom. The molecule has 4 nitrogen and oxygen atoms in total. The van der Waals surface area contributed by atoms with E-state index in [4.69, 9.17) is 4.74 Å². The largest absolute Gasteiger partial charge is 0.443 e. The summed E-state index contributed by atoms with van der Waals surface area (Å²) in [6, 6.07) is 10.6. The summed E-state index contributed by atoms with van der Waals surface area (Å²) >= 11 is 0. The highest BCUT2D eigenvalue weighted by Crippen LogP contribution is 2.31. The first-order chi connectivity index (χ1) is 11.9. The quantitative estimate of drug-likeness (QED) is 0.902. The van der Waals surface area contributed by atoms with Gasteiger partial charge in [-0.1, -0.05) is 30.3 Å². The van der Waals surface area contributed by atoms with E-state index in [1.54, 1.807) is 0 Å². The van der Waals surface area contributed by atoms with Crippen LogP contribution in [0.1, 0.15) is 45.6 Å². The maximum atomic E-state index is 12.8. The first-order valence-electron chi connectivity index (χ1n) is 9.69. The van der Waals surface area contributed by atoms with Crippen LogP contribution >= 0.6 is 0 Å². The van der Waals surface area contributed by atoms with Crippen LogP contribution in [0.15, 0.2) is 30.3 Å². The maximum absolute atomic E-state index is 12.8. The predicted molar refractivity (Wildman–Crippen MR) is 101 cm³/mol. The van der Waals surface area contributed by atoms with E-state index in [-0.39, 0.29) is 12.1 Å². The van der Waals surface area contributed by atoms with Crippen LogP contribution in [0.5, 0.6) is 0 Å². The number of likely N-dealkylation sites (tertiary alicyclic amines) is 1. The molecule has 0 bridgehead atoms. The van der Waals surface area contributed by atoms with E-state index in [1.807, 2.05) is 24.8 Å². The molecular weight excluding hydrogens is 312 g/mol. The molecule has 25 heavy (non-hydrogen) atoms. The summed E-state index contributed by atoms with van der Waals surface area (Å²) in [7, 11) is 0. The Morgan fingerprint density at radius 1 is 1.24 bits per heavy atom. The smallest absolute Gasteiger partial charge is 0.410 e. The number of hydrogen-bond donors (Lipinski definition) is 1. The number of nitrogens with one attached hydrogen (secondary N) is 1. The van der Waals surface area contributed by atoms with Crippen LogP contribution in [0.3, 0.4) is 0 Å². The fraction of sp³-hybridized carbons (Fsp3) is 0.667. The van der Waals surface area contributed by atoms with Gasteiger partial charge in [0, 0.05) is 12.6 Å². The fourth-order valence-electron chi connectivity index (χ4n) is 4.20. The SMILES string of the molecule is CC1C[C@@H]2CNC[C@@H]2CCN1C(=O)OC(C)(C)CCc1ccccc1. The number of aryl methyl sites for hydroxylation is 1. The van der Waals surface area contributed by atoms with E-state index >= 15 is 0 Å². The average molecular weight is 344 g/mol. The van der Waals surface area contributed by atoms with Gasteiger partial charge in [-0.2, -0.15) is 0 Å². The minimum atomic E-state index is -0.448. The van der Waals surface area contributed by atoms with E-state index in [9.17, 15) is 4.79 Å². The highest BCUT2D eigenvalue weighted by Gasteiger charge is 2.36. The van der Waals surface area contributed by atoms with Gasteiger partial charge in [-0.25, -0.2) is 4.79 Å². The van der Waals surface area contributed by atoms with Crippen molar-refractivity contribution in [2.24, 2.45) is 11.8 Å². The van der Waals surface area contributed by atoms with Crippen molar-refractivity contribution in [3.8, 4) is 0 Å². The van der Waals surface area contributed by atoms with Crippen molar-refractivity contribution in [2.45, 2.75) is 58.1 Å². The van der Waals surface area contributed by atoms with Crippen LogP contribution < -0.4 is 5.32 Å². The molecule has 1 aromatic carbocycles. The average Bonchev–Trinajstić information content (AvgIpc) is 2.94. The fourth-order valence-corrected chi connectivity index (χ4v) is 4.20. The van der Waals surface area contributed by atoms with Crippen molar-refractivity contribution in [3.05, 3.63) is 35.9 Å². The highest BCUT2D eigenvalue weighted by molar-refractivity contribution is 5.68. The van der Waals surface area contributed by atoms with Crippen LogP contribution in [0.25, 0.3) is 0 Å². The van der Waals surface area contributed by atoms with Gasteiger partial charge in [0.1, 0.15) is 5.60 Å². The minimum Gasteiger partial charge on any atom is -0.443 e. The zero-order valence-electron chi connectivity index (χ0n) is 15.8. The molecule has 3 atom stereocenters. The molecule has 1 aromatic rings. The molecule has 1 amide bonds. The Morgan fingerprint density at radius 2 is 1.96 bits per heavy atom. The first-order valence-corrected chi connectivity index (χ1v) is 9.69. The van der Waals surface area contributed by atoms with Crippen molar-refractivity contribution in [2.75, 3.05) is 19.6 Å². The second-order valence-electron chi connectivity index (χ2n) is 8.36. The lowest BCUT2D eigenvalue weighted by Gasteiger charge is -2.32. The molecule has 1 N–H and O–H groups in total. The Hall–Kier alpha value is -1.55. The second kappa shape index (κ2) is 7.77. The van der Waals surface area contributed by atoms with E-state index in [0.717, 1.165) is 45.3 Å². The number of ether oxygens (including phenoxy) is 1. The topological polar surface area (TPSA) is 41.6 Å². The molecule has 0 aromatic heterocycles. The third-order valence-corrected chi connectivity index (χ3v) is 5.85. The Balaban J connectivity index is 1.54. The normalized spacial score (nSPS) is 26.8. The molecule has 4 heteroatoms. The van der Waals surface area contributed by atoms with Gasteiger partial charge in [-0.3, -0.25) is 0 Å². The molecule has 2 aliphatic heterocycles. The number of rotatable bonds is 4. The van der Waals surface area contributed by atoms with Crippen LogP contribution in [-0.2, 0) is 11.2 Å². The predicted octanol–water partition coefficient (Wildman–Crippen LogP) is 3.85. The number of fused-ring (bicyclic) bond motifs is 1. The zero-order chi connectivity index (χ0) is 17.9. The molecule has 0 saturated carbocycles. The van der Waals surface area contributed by atoms with Crippen molar-refractivity contribution >= 4 is 6.09 Å². The summed E-state index contributed by atoms with van der Waals surface area (Å²) in [6.45, 7) is 9.23. The second-order valence-corrected chi connectivity index (χ2v) is 8.36. The lowest BCUT2D eigenvalue weighted by Crippen LogP contribution is -2.43. The first kappa shape index (κ1) is 18.2. The summed E-state index contributed by atoms with van der Waals surface area (Å²) in [4.78, 5) is 14.8. The van der Waals surface area contributed by atoms with E-state index in [0.29, 0.717) is 11.8 Å². The van der Waals surface area contributed by atoms with Crippen molar-refractivity contribution in [1.29, 1.82) is 0 Å². The van der Waals surface area contributed by atoms with Crippen molar-refractivity contribution < 1.29 is 9.53 Å². The van der Waals surface area contributed by atoms with E-state index in [1.165, 1.54) is 5.56 Å². The standard InChI is InChI=1S/C21H32N2O2/c1-16-13-19-15-22-14-18(19)10-12-23(16)20(24)25-21(2,3)11-9-17-7-5-4-6-8-17/h4-8,16,18-19,22H,9-15H2,1-3H3/t16?,18-,19+/m0/s1. The van der Waals surface area contributed by atoms with Gasteiger partial charge in [-0.15, -0.1) is 0 Å². The number of amides is 1. The Labute approximate surface area is 151 Å². The lowest BCUT2D eigenvalue weighted by molar-refractivity contribution is 0.00247. The molecular formula is C21H32N2O2. The minimum absolute atomic E-state index is 0.140. The van der Waals surface area contributed by atoms with Gasteiger partial charge >= 0.3 is 6.09 Å². The number of nitrogens with zero attached hydrogens (tertiary/aromatic N) is 1. The Bertz CT molecular complexity index is 573. The molecule has 2 heterocycles. The third kappa shape index (κ3) is 4.75. The van der Waals surface area contributed by atoms with E-state index < -0.39 is 5.60 Å². The number of carbonyl (C=O) groups is 1. The number of hydrogen-bond acceptors (Lipinski definition) is 3. The summed E-state index contributed by atoms with van der Waals surface area (Å²) in [6.07, 6.45) is 3.78. The molecule has 1 unspecified atom stereocenters. The Kier molecular flexibility index (Phi) is 5.67. The van der Waals surface area contributed by atoms with Crippen molar-refractivity contribution in [3.63, 3.8) is 0 Å². The summed E-state index contributed by atoms with van der Waals surface area (Å²) in [5, 5.41) is 3.49. The van der Waals surface area contributed by atoms with Gasteiger partial charge in [-0.05, 0) is 76.9 Å². The van der Waals surface area contributed by atoms with Crippen LogP contribution in [0.2, 0.25) is 0 Å². The van der Waals surface area contributed by atoms with Crippen LogP contribution in [-0.4, -0.2) is 42.3 Å². The van der Waals surface area contributed by atoms with Crippen molar-refractivity contribution in [1.82, 2.24) is 10.2 Å². The van der Waals surface area contributed by atoms with Gasteiger partial charge in [0.15, 0.2) is 0 Å². The molecule has 2 saturated heterocycles. The number of benzene rings is 1. The zero-order valence-corrected chi connectivity index (χ0v) is 15.8. The molecule has 2 aliphatic rings. The number of carbonyl (C=O) groups excluding carboxylic acids is 1. The monoisotopic (exact) mass is 344 g/mol.